The maximum atomic E-state index is 11.5. The number of nitrogens with zero attached hydrogens (tertiary/aromatic N) is 3. The number of rotatable bonds is 5. The van der Waals surface area contributed by atoms with Gasteiger partial charge in [-0.1, -0.05) is 11.6 Å². The first kappa shape index (κ1) is 16.4. The SMILES string of the molecule is C/C(CCC(=O)OC(C)(C)C)=N\Nc1ccc(Cl)nn1. The number of aromatic nitrogens is 2. The summed E-state index contributed by atoms with van der Waals surface area (Å²) in [6.45, 7) is 7.34. The third-order valence-corrected chi connectivity index (χ3v) is 2.31. The number of nitrogens with one attached hydrogen (secondary N) is 1. The average molecular weight is 299 g/mol. The molecule has 0 amide bonds. The summed E-state index contributed by atoms with van der Waals surface area (Å²) < 4.78 is 5.21. The monoisotopic (exact) mass is 298 g/mol. The van der Waals surface area contributed by atoms with E-state index in [0.717, 1.165) is 5.71 Å². The van der Waals surface area contributed by atoms with Crippen molar-refractivity contribution in [2.24, 2.45) is 5.10 Å². The molecule has 0 aliphatic carbocycles. The molecule has 0 saturated heterocycles. The Morgan fingerprint density at radius 2 is 2.05 bits per heavy atom. The number of carbonyl (C=O) groups excluding carboxylic acids is 1. The van der Waals surface area contributed by atoms with Crippen LogP contribution in [0, 0.1) is 0 Å². The van der Waals surface area contributed by atoms with Crippen molar-refractivity contribution in [3.05, 3.63) is 17.3 Å². The van der Waals surface area contributed by atoms with Gasteiger partial charge in [0.25, 0.3) is 0 Å². The zero-order chi connectivity index (χ0) is 15.2. The Bertz CT molecular complexity index is 480. The van der Waals surface area contributed by atoms with Crippen LogP contribution >= 0.6 is 11.6 Å². The number of ether oxygens (including phenoxy) is 1. The van der Waals surface area contributed by atoms with Crippen LogP contribution in [0.2, 0.25) is 5.15 Å². The van der Waals surface area contributed by atoms with Gasteiger partial charge in [-0.05, 0) is 46.2 Å². The number of hydrogen-bond acceptors (Lipinski definition) is 6. The highest BCUT2D eigenvalue weighted by Gasteiger charge is 2.15. The zero-order valence-corrected chi connectivity index (χ0v) is 12.9. The van der Waals surface area contributed by atoms with Gasteiger partial charge in [0.1, 0.15) is 5.60 Å². The molecular weight excluding hydrogens is 280 g/mol. The highest BCUT2D eigenvalue weighted by molar-refractivity contribution is 6.29. The number of esters is 1. The summed E-state index contributed by atoms with van der Waals surface area (Å²) in [5.41, 5.74) is 3.06. The first-order chi connectivity index (χ1) is 9.26. The van der Waals surface area contributed by atoms with Gasteiger partial charge in [-0.2, -0.15) is 5.10 Å². The Balaban J connectivity index is 2.39. The number of hydrogen-bond donors (Lipinski definition) is 1. The van der Waals surface area contributed by atoms with Crippen LogP contribution in [0.1, 0.15) is 40.5 Å². The molecule has 0 saturated carbocycles. The van der Waals surface area contributed by atoms with Crippen molar-refractivity contribution in [1.82, 2.24) is 10.2 Å². The number of carbonyl (C=O) groups is 1. The van der Waals surface area contributed by atoms with Crippen LogP contribution in [0.4, 0.5) is 5.82 Å². The van der Waals surface area contributed by atoms with E-state index in [0.29, 0.717) is 23.8 Å². The summed E-state index contributed by atoms with van der Waals surface area (Å²) in [5.74, 6) is 0.254. The second-order valence-electron chi connectivity index (χ2n) is 5.29. The smallest absolute Gasteiger partial charge is 0.306 e. The fourth-order valence-electron chi connectivity index (χ4n) is 1.26. The summed E-state index contributed by atoms with van der Waals surface area (Å²) in [7, 11) is 0. The molecule has 110 valence electrons. The molecule has 0 aromatic carbocycles. The van der Waals surface area contributed by atoms with Crippen molar-refractivity contribution in [2.45, 2.75) is 46.1 Å². The molecule has 0 spiro atoms. The normalized spacial score (nSPS) is 12.2. The maximum absolute atomic E-state index is 11.5. The molecule has 1 N–H and O–H groups in total. The summed E-state index contributed by atoms with van der Waals surface area (Å²) in [6.07, 6.45) is 0.809. The van der Waals surface area contributed by atoms with E-state index in [2.05, 4.69) is 20.7 Å². The second-order valence-corrected chi connectivity index (χ2v) is 5.67. The Morgan fingerprint density at radius 3 is 2.60 bits per heavy atom. The van der Waals surface area contributed by atoms with E-state index < -0.39 is 5.60 Å². The molecule has 7 heteroatoms. The number of halogens is 1. The Hall–Kier alpha value is -1.69. The van der Waals surface area contributed by atoms with Crippen LogP contribution in [-0.2, 0) is 9.53 Å². The molecule has 1 rings (SSSR count). The predicted molar refractivity (Wildman–Crippen MR) is 78.9 cm³/mol. The van der Waals surface area contributed by atoms with E-state index in [1.807, 2.05) is 27.7 Å². The lowest BCUT2D eigenvalue weighted by Gasteiger charge is -2.19. The number of anilines is 1. The van der Waals surface area contributed by atoms with Gasteiger partial charge in [-0.3, -0.25) is 10.2 Å². The van der Waals surface area contributed by atoms with Crippen LogP contribution in [0.25, 0.3) is 0 Å². The summed E-state index contributed by atoms with van der Waals surface area (Å²) in [5, 5.41) is 11.9. The van der Waals surface area contributed by atoms with Gasteiger partial charge in [0, 0.05) is 5.71 Å². The molecular formula is C13H19ClN4O2. The summed E-state index contributed by atoms with van der Waals surface area (Å²) in [4.78, 5) is 11.5. The lowest BCUT2D eigenvalue weighted by atomic mass is 10.2. The highest BCUT2D eigenvalue weighted by Crippen LogP contribution is 2.10. The maximum Gasteiger partial charge on any atom is 0.306 e. The third kappa shape index (κ3) is 7.04. The highest BCUT2D eigenvalue weighted by atomic mass is 35.5. The van der Waals surface area contributed by atoms with E-state index in [4.69, 9.17) is 16.3 Å². The van der Waals surface area contributed by atoms with Crippen molar-refractivity contribution >= 4 is 29.1 Å². The van der Waals surface area contributed by atoms with Crippen molar-refractivity contribution < 1.29 is 9.53 Å². The van der Waals surface area contributed by atoms with Crippen LogP contribution in [-0.4, -0.2) is 27.5 Å². The minimum absolute atomic E-state index is 0.238. The third-order valence-electron chi connectivity index (χ3n) is 2.10. The molecule has 20 heavy (non-hydrogen) atoms. The van der Waals surface area contributed by atoms with Crippen LogP contribution in [0.15, 0.2) is 17.2 Å². The quantitative estimate of drug-likeness (QED) is 0.513. The Labute approximate surface area is 123 Å². The topological polar surface area (TPSA) is 76.5 Å². The van der Waals surface area contributed by atoms with Crippen LogP contribution < -0.4 is 5.43 Å². The van der Waals surface area contributed by atoms with Crippen LogP contribution in [0.5, 0.6) is 0 Å². The first-order valence-corrected chi connectivity index (χ1v) is 6.64. The minimum atomic E-state index is -0.459. The molecule has 0 fully saturated rings. The van der Waals surface area contributed by atoms with Crippen molar-refractivity contribution in [2.75, 3.05) is 5.43 Å². The van der Waals surface area contributed by atoms with Gasteiger partial charge in [-0.15, -0.1) is 10.2 Å². The van der Waals surface area contributed by atoms with E-state index >= 15 is 0 Å². The van der Waals surface area contributed by atoms with Gasteiger partial charge in [0.05, 0.1) is 6.42 Å². The first-order valence-electron chi connectivity index (χ1n) is 6.26. The molecule has 6 nitrogen and oxygen atoms in total. The molecule has 0 aliphatic heterocycles. The minimum Gasteiger partial charge on any atom is -0.460 e. The van der Waals surface area contributed by atoms with E-state index in [-0.39, 0.29) is 5.97 Å². The summed E-state index contributed by atoms with van der Waals surface area (Å²) in [6, 6.07) is 3.28. The lowest BCUT2D eigenvalue weighted by molar-refractivity contribution is -0.154. The largest absolute Gasteiger partial charge is 0.460 e. The second kappa shape index (κ2) is 7.19. The van der Waals surface area contributed by atoms with Gasteiger partial charge in [0.2, 0.25) is 0 Å². The van der Waals surface area contributed by atoms with Crippen molar-refractivity contribution in [3.8, 4) is 0 Å². The molecule has 0 unspecified atom stereocenters. The molecule has 0 bridgehead atoms. The van der Waals surface area contributed by atoms with E-state index in [9.17, 15) is 4.79 Å². The standard InChI is InChI=1S/C13H19ClN4O2/c1-9(5-8-12(19)20-13(2,3)4)15-17-11-7-6-10(14)16-18-11/h6-7H,5,8H2,1-4H3,(H,17,18)/b15-9+. The molecule has 0 radical (unpaired) electrons. The van der Waals surface area contributed by atoms with Gasteiger partial charge < -0.3 is 4.74 Å². The van der Waals surface area contributed by atoms with Crippen molar-refractivity contribution in [3.63, 3.8) is 0 Å². The summed E-state index contributed by atoms with van der Waals surface area (Å²) >= 11 is 5.62. The van der Waals surface area contributed by atoms with Crippen molar-refractivity contribution in [1.29, 1.82) is 0 Å². The fourth-order valence-corrected chi connectivity index (χ4v) is 1.36. The van der Waals surface area contributed by atoms with E-state index in [1.165, 1.54) is 0 Å². The van der Waals surface area contributed by atoms with E-state index in [1.54, 1.807) is 12.1 Å². The van der Waals surface area contributed by atoms with Gasteiger partial charge in [0.15, 0.2) is 11.0 Å². The molecule has 1 heterocycles. The van der Waals surface area contributed by atoms with Gasteiger partial charge >= 0.3 is 5.97 Å². The fraction of sp³-hybridized carbons (Fsp3) is 0.538. The molecule has 0 atom stereocenters. The molecule has 1 aromatic heterocycles. The van der Waals surface area contributed by atoms with Gasteiger partial charge in [-0.25, -0.2) is 0 Å². The predicted octanol–water partition coefficient (Wildman–Crippen LogP) is 3.04. The number of hydrazone groups is 1. The van der Waals surface area contributed by atoms with Crippen LogP contribution in [0.3, 0.4) is 0 Å². The zero-order valence-electron chi connectivity index (χ0n) is 12.1. The molecule has 1 aromatic rings. The lowest BCUT2D eigenvalue weighted by Crippen LogP contribution is -2.24. The molecule has 0 aliphatic rings. The Morgan fingerprint density at radius 1 is 1.35 bits per heavy atom. The Kier molecular flexibility index (Phi) is 5.88. The average Bonchev–Trinajstić information content (AvgIpc) is 2.33.